The molecule has 1 N–H and O–H groups in total. The Labute approximate surface area is 68.2 Å². The molecule has 1 rings (SSSR count). The van der Waals surface area contributed by atoms with Crippen LogP contribution in [0.3, 0.4) is 0 Å². The van der Waals surface area contributed by atoms with Crippen LogP contribution >= 0.6 is 0 Å². The van der Waals surface area contributed by atoms with E-state index in [1.54, 1.807) is 6.92 Å². The molecule has 4 heteroatoms. The summed E-state index contributed by atoms with van der Waals surface area (Å²) in [6.07, 6.45) is -1.54. The fraction of sp³-hybridized carbons (Fsp3) is 0.500. The van der Waals surface area contributed by atoms with E-state index >= 15 is 0 Å². The molecule has 0 radical (unpaired) electrons. The number of rotatable bonds is 0. The van der Waals surface area contributed by atoms with Crippen LogP contribution < -0.4 is 0 Å². The highest BCUT2D eigenvalue weighted by atomic mass is 19.4. The van der Waals surface area contributed by atoms with Crippen LogP contribution in [0.2, 0.25) is 0 Å². The molecule has 0 saturated heterocycles. The highest BCUT2D eigenvalue weighted by Crippen LogP contribution is 2.36. The van der Waals surface area contributed by atoms with Crippen molar-refractivity contribution < 1.29 is 18.3 Å². The summed E-state index contributed by atoms with van der Waals surface area (Å²) >= 11 is 0. The van der Waals surface area contributed by atoms with Crippen LogP contribution in [-0.2, 0) is 0 Å². The zero-order valence-corrected chi connectivity index (χ0v) is 6.52. The Morgan fingerprint density at radius 3 is 2.42 bits per heavy atom. The molecular weight excluding hydrogens is 169 g/mol. The molecule has 0 amide bonds. The van der Waals surface area contributed by atoms with Crippen LogP contribution in [0.4, 0.5) is 13.2 Å². The Bertz CT molecular complexity index is 239. The molecule has 68 valence electrons. The van der Waals surface area contributed by atoms with Gasteiger partial charge in [0.2, 0.25) is 0 Å². The van der Waals surface area contributed by atoms with E-state index < -0.39 is 18.2 Å². The van der Waals surface area contributed by atoms with Crippen molar-refractivity contribution in [2.45, 2.75) is 25.1 Å². The minimum absolute atomic E-state index is 0.390. The number of hydrogen-bond donors (Lipinski definition) is 1. The number of allylic oxidation sites excluding steroid dienone is 2. The van der Waals surface area contributed by atoms with E-state index in [0.29, 0.717) is 0 Å². The summed E-state index contributed by atoms with van der Waals surface area (Å²) in [4.78, 5) is 0. The van der Waals surface area contributed by atoms with Gasteiger partial charge < -0.3 is 5.11 Å². The van der Waals surface area contributed by atoms with Crippen molar-refractivity contribution in [3.05, 3.63) is 23.8 Å². The summed E-state index contributed by atoms with van der Waals surface area (Å²) in [5.74, 6) is 0. The first-order valence-corrected chi connectivity index (χ1v) is 3.50. The highest BCUT2D eigenvalue weighted by Gasteiger charge is 2.51. The molecule has 0 aromatic heterocycles. The zero-order chi connectivity index (χ0) is 9.41. The third kappa shape index (κ3) is 1.53. The van der Waals surface area contributed by atoms with Gasteiger partial charge in [0, 0.05) is 6.42 Å². The van der Waals surface area contributed by atoms with E-state index in [-0.39, 0.29) is 0 Å². The molecule has 0 fully saturated rings. The van der Waals surface area contributed by atoms with Crippen molar-refractivity contribution in [1.29, 1.82) is 0 Å². The maximum Gasteiger partial charge on any atom is 0.421 e. The molecule has 0 spiro atoms. The molecule has 0 aromatic carbocycles. The Balaban J connectivity index is 2.86. The molecular formula is C8H9F3O. The van der Waals surface area contributed by atoms with Crippen molar-refractivity contribution in [2.24, 2.45) is 0 Å². The lowest BCUT2D eigenvalue weighted by Crippen LogP contribution is -2.43. The average Bonchev–Trinajstić information content (AvgIpc) is 1.93. The first-order valence-electron chi connectivity index (χ1n) is 3.50. The van der Waals surface area contributed by atoms with E-state index in [9.17, 15) is 13.2 Å². The molecule has 0 aromatic rings. The van der Waals surface area contributed by atoms with Crippen LogP contribution in [0.1, 0.15) is 13.3 Å². The van der Waals surface area contributed by atoms with E-state index in [4.69, 9.17) is 5.11 Å². The molecule has 12 heavy (non-hydrogen) atoms. The summed E-state index contributed by atoms with van der Waals surface area (Å²) in [6.45, 7) is 1.69. The fourth-order valence-corrected chi connectivity index (χ4v) is 0.932. The van der Waals surface area contributed by atoms with Crippen LogP contribution in [0.5, 0.6) is 0 Å². The molecule has 1 aliphatic carbocycles. The number of alkyl halides is 3. The van der Waals surface area contributed by atoms with Gasteiger partial charge in [0.1, 0.15) is 0 Å². The first-order chi connectivity index (χ1) is 5.35. The largest absolute Gasteiger partial charge is 0.421 e. The van der Waals surface area contributed by atoms with Crippen LogP contribution in [0.25, 0.3) is 0 Å². The predicted molar refractivity (Wildman–Crippen MR) is 38.5 cm³/mol. The SMILES string of the molecule is CC1=CCC(O)(C(F)(F)F)C=C1. The summed E-state index contributed by atoms with van der Waals surface area (Å²) < 4.78 is 36.4. The second-order valence-corrected chi connectivity index (χ2v) is 2.91. The van der Waals surface area contributed by atoms with E-state index in [2.05, 4.69) is 0 Å². The molecule has 1 nitrogen and oxygen atoms in total. The van der Waals surface area contributed by atoms with E-state index in [1.807, 2.05) is 0 Å². The summed E-state index contributed by atoms with van der Waals surface area (Å²) in [5, 5.41) is 9.07. The topological polar surface area (TPSA) is 20.2 Å². The molecule has 0 heterocycles. The minimum atomic E-state index is -4.58. The van der Waals surface area contributed by atoms with E-state index in [0.717, 1.165) is 11.6 Å². The number of aliphatic hydroxyl groups is 1. The van der Waals surface area contributed by atoms with Gasteiger partial charge in [0.05, 0.1) is 0 Å². The minimum Gasteiger partial charge on any atom is -0.376 e. The molecule has 1 atom stereocenters. The fourth-order valence-electron chi connectivity index (χ4n) is 0.932. The van der Waals surface area contributed by atoms with Gasteiger partial charge in [-0.1, -0.05) is 17.7 Å². The van der Waals surface area contributed by atoms with Gasteiger partial charge in [-0.25, -0.2) is 0 Å². The van der Waals surface area contributed by atoms with Crippen molar-refractivity contribution in [1.82, 2.24) is 0 Å². The lowest BCUT2D eigenvalue weighted by atomic mass is 9.92. The van der Waals surface area contributed by atoms with Crippen LogP contribution in [0, 0.1) is 0 Å². The molecule has 0 bridgehead atoms. The number of halogens is 3. The van der Waals surface area contributed by atoms with Crippen molar-refractivity contribution in [3.63, 3.8) is 0 Å². The Morgan fingerprint density at radius 2 is 2.08 bits per heavy atom. The van der Waals surface area contributed by atoms with Gasteiger partial charge in [0.25, 0.3) is 0 Å². The van der Waals surface area contributed by atoms with Crippen LogP contribution in [-0.4, -0.2) is 16.9 Å². The second-order valence-electron chi connectivity index (χ2n) is 2.91. The normalized spacial score (nSPS) is 30.2. The van der Waals surface area contributed by atoms with Gasteiger partial charge >= 0.3 is 6.18 Å². The standard InChI is InChI=1S/C8H9F3O/c1-6-2-4-7(12,5-3-6)8(9,10)11/h2-4,12H,5H2,1H3. The van der Waals surface area contributed by atoms with Gasteiger partial charge in [0.15, 0.2) is 5.60 Å². The first kappa shape index (κ1) is 9.32. The summed E-state index contributed by atoms with van der Waals surface area (Å²) in [7, 11) is 0. The zero-order valence-electron chi connectivity index (χ0n) is 6.52. The third-order valence-electron chi connectivity index (χ3n) is 1.85. The second kappa shape index (κ2) is 2.62. The van der Waals surface area contributed by atoms with Crippen molar-refractivity contribution in [3.8, 4) is 0 Å². The summed E-state index contributed by atoms with van der Waals surface area (Å²) in [6, 6.07) is 0. The average molecular weight is 178 g/mol. The Morgan fingerprint density at radius 1 is 1.50 bits per heavy atom. The lowest BCUT2D eigenvalue weighted by molar-refractivity contribution is -0.238. The highest BCUT2D eigenvalue weighted by molar-refractivity contribution is 5.27. The predicted octanol–water partition coefficient (Wildman–Crippen LogP) is 2.19. The van der Waals surface area contributed by atoms with Gasteiger partial charge in [-0.15, -0.1) is 0 Å². The van der Waals surface area contributed by atoms with Crippen molar-refractivity contribution >= 4 is 0 Å². The van der Waals surface area contributed by atoms with Gasteiger partial charge in [-0.05, 0) is 13.0 Å². The van der Waals surface area contributed by atoms with E-state index in [1.165, 1.54) is 12.2 Å². The smallest absolute Gasteiger partial charge is 0.376 e. The monoisotopic (exact) mass is 178 g/mol. The number of hydrogen-bond acceptors (Lipinski definition) is 1. The van der Waals surface area contributed by atoms with Crippen molar-refractivity contribution in [2.75, 3.05) is 0 Å². The maximum absolute atomic E-state index is 12.1. The molecule has 0 aliphatic heterocycles. The quantitative estimate of drug-likeness (QED) is 0.602. The molecule has 0 saturated carbocycles. The molecule has 1 unspecified atom stereocenters. The van der Waals surface area contributed by atoms with Gasteiger partial charge in [-0.2, -0.15) is 13.2 Å². The third-order valence-corrected chi connectivity index (χ3v) is 1.85. The lowest BCUT2D eigenvalue weighted by Gasteiger charge is -2.28. The molecule has 1 aliphatic rings. The van der Waals surface area contributed by atoms with Gasteiger partial charge in [-0.3, -0.25) is 0 Å². The Hall–Kier alpha value is -0.770. The Kier molecular flexibility index (Phi) is 2.04. The maximum atomic E-state index is 12.1. The van der Waals surface area contributed by atoms with Crippen LogP contribution in [0.15, 0.2) is 23.8 Å². The summed E-state index contributed by atoms with van der Waals surface area (Å²) in [5.41, 5.74) is -1.92.